The summed E-state index contributed by atoms with van der Waals surface area (Å²) in [4.78, 5) is 12.7. The fourth-order valence-corrected chi connectivity index (χ4v) is 2.33. The number of ketones is 1. The summed E-state index contributed by atoms with van der Waals surface area (Å²) in [7, 11) is 0. The van der Waals surface area contributed by atoms with Gasteiger partial charge in [0.25, 0.3) is 0 Å². The van der Waals surface area contributed by atoms with E-state index in [0.29, 0.717) is 23.4 Å². The molecule has 2 N–H and O–H groups in total. The van der Waals surface area contributed by atoms with Crippen molar-refractivity contribution in [2.45, 2.75) is 39.7 Å². The molecule has 0 aromatic heterocycles. The Hall–Kier alpha value is -2.29. The van der Waals surface area contributed by atoms with E-state index in [9.17, 15) is 4.79 Å². The molecule has 0 aliphatic rings. The van der Waals surface area contributed by atoms with Gasteiger partial charge in [-0.1, -0.05) is 37.6 Å². The summed E-state index contributed by atoms with van der Waals surface area (Å²) in [6.07, 6.45) is 1.03. The molecule has 0 aliphatic heterocycles. The van der Waals surface area contributed by atoms with Crippen molar-refractivity contribution in [1.82, 2.24) is 0 Å². The molecular formula is C19H23NO2. The molecule has 2 aromatic carbocycles. The zero-order chi connectivity index (χ0) is 16.1. The molecule has 1 unspecified atom stereocenters. The highest BCUT2D eigenvalue weighted by atomic mass is 16.5. The molecule has 0 spiro atoms. The molecule has 0 saturated carbocycles. The number of benzene rings is 2. The van der Waals surface area contributed by atoms with Gasteiger partial charge in [0.15, 0.2) is 6.10 Å². The zero-order valence-corrected chi connectivity index (χ0v) is 13.4. The first-order valence-electron chi connectivity index (χ1n) is 7.65. The maximum Gasteiger partial charge on any atom is 0.203 e. The van der Waals surface area contributed by atoms with Gasteiger partial charge in [-0.3, -0.25) is 4.79 Å². The molecule has 0 amide bonds. The lowest BCUT2D eigenvalue weighted by Gasteiger charge is -2.19. The highest BCUT2D eigenvalue weighted by molar-refractivity contribution is 6.00. The Morgan fingerprint density at radius 3 is 2.50 bits per heavy atom. The summed E-state index contributed by atoms with van der Waals surface area (Å²) < 4.78 is 5.90. The van der Waals surface area contributed by atoms with Crippen LogP contribution in [0.4, 0.5) is 5.69 Å². The van der Waals surface area contributed by atoms with Gasteiger partial charge >= 0.3 is 0 Å². The molecule has 3 heteroatoms. The fraction of sp³-hybridized carbons (Fsp3) is 0.316. The third-order valence-corrected chi connectivity index (χ3v) is 3.82. The summed E-state index contributed by atoms with van der Waals surface area (Å²) in [6, 6.07) is 13.0. The number of anilines is 1. The van der Waals surface area contributed by atoms with Gasteiger partial charge in [0, 0.05) is 5.56 Å². The predicted octanol–water partition coefficient (Wildman–Crippen LogP) is 4.32. The van der Waals surface area contributed by atoms with Crippen molar-refractivity contribution in [3.05, 3.63) is 59.2 Å². The highest BCUT2D eigenvalue weighted by Crippen LogP contribution is 2.24. The zero-order valence-electron chi connectivity index (χ0n) is 13.4. The number of aryl methyl sites for hydroxylation is 2. The minimum atomic E-state index is -0.503. The predicted molar refractivity (Wildman–Crippen MR) is 90.4 cm³/mol. The van der Waals surface area contributed by atoms with Gasteiger partial charge in [-0.25, -0.2) is 0 Å². The van der Waals surface area contributed by atoms with Crippen LogP contribution in [0.2, 0.25) is 0 Å². The molecule has 0 heterocycles. The second-order valence-electron chi connectivity index (χ2n) is 5.60. The lowest BCUT2D eigenvalue weighted by Crippen LogP contribution is -2.27. The summed E-state index contributed by atoms with van der Waals surface area (Å²) >= 11 is 0. The van der Waals surface area contributed by atoms with Gasteiger partial charge in [0.1, 0.15) is 5.75 Å². The van der Waals surface area contributed by atoms with Gasteiger partial charge in [0.2, 0.25) is 5.78 Å². The fourth-order valence-electron chi connectivity index (χ4n) is 2.33. The Labute approximate surface area is 132 Å². The Bertz CT molecular complexity index is 664. The standard InChI is InChI=1S/C19H23NO2/c1-4-7-18(22-17-9-6-5-8-16(17)20)19(21)15-11-10-13(2)14(3)12-15/h5-6,8-12,18H,4,7,20H2,1-3H3. The van der Waals surface area contributed by atoms with E-state index in [0.717, 1.165) is 12.0 Å². The second-order valence-corrected chi connectivity index (χ2v) is 5.60. The summed E-state index contributed by atoms with van der Waals surface area (Å²) in [5.41, 5.74) is 9.44. The Morgan fingerprint density at radius 2 is 1.86 bits per heavy atom. The molecule has 116 valence electrons. The number of ether oxygens (including phenoxy) is 1. The minimum Gasteiger partial charge on any atom is -0.480 e. The van der Waals surface area contributed by atoms with Crippen LogP contribution in [0.5, 0.6) is 5.75 Å². The van der Waals surface area contributed by atoms with Crippen molar-refractivity contribution in [2.75, 3.05) is 5.73 Å². The summed E-state index contributed by atoms with van der Waals surface area (Å²) in [5, 5.41) is 0. The number of nitrogen functional groups attached to an aromatic ring is 1. The molecular weight excluding hydrogens is 274 g/mol. The number of hydrogen-bond donors (Lipinski definition) is 1. The largest absolute Gasteiger partial charge is 0.480 e. The lowest BCUT2D eigenvalue weighted by molar-refractivity contribution is 0.0778. The van der Waals surface area contributed by atoms with Crippen molar-refractivity contribution in [2.24, 2.45) is 0 Å². The van der Waals surface area contributed by atoms with Crippen molar-refractivity contribution >= 4 is 11.5 Å². The average molecular weight is 297 g/mol. The third kappa shape index (κ3) is 3.67. The van der Waals surface area contributed by atoms with Crippen molar-refractivity contribution in [3.63, 3.8) is 0 Å². The lowest BCUT2D eigenvalue weighted by atomic mass is 9.99. The van der Waals surface area contributed by atoms with Crippen LogP contribution in [0.15, 0.2) is 42.5 Å². The molecule has 1 atom stereocenters. The molecule has 0 aliphatic carbocycles. The Morgan fingerprint density at radius 1 is 1.14 bits per heavy atom. The van der Waals surface area contributed by atoms with E-state index in [1.54, 1.807) is 12.1 Å². The quantitative estimate of drug-likeness (QED) is 0.638. The van der Waals surface area contributed by atoms with Crippen LogP contribution in [0.3, 0.4) is 0 Å². The van der Waals surface area contributed by atoms with Crippen LogP contribution >= 0.6 is 0 Å². The first-order valence-corrected chi connectivity index (χ1v) is 7.65. The smallest absolute Gasteiger partial charge is 0.203 e. The number of carbonyl (C=O) groups is 1. The molecule has 0 saturated heterocycles. The van der Waals surface area contributed by atoms with E-state index < -0.39 is 6.10 Å². The normalized spacial score (nSPS) is 12.0. The van der Waals surface area contributed by atoms with E-state index in [-0.39, 0.29) is 5.78 Å². The highest BCUT2D eigenvalue weighted by Gasteiger charge is 2.22. The van der Waals surface area contributed by atoms with E-state index in [1.807, 2.05) is 51.1 Å². The van der Waals surface area contributed by atoms with E-state index in [2.05, 4.69) is 0 Å². The first-order chi connectivity index (χ1) is 10.5. The third-order valence-electron chi connectivity index (χ3n) is 3.82. The molecule has 22 heavy (non-hydrogen) atoms. The van der Waals surface area contributed by atoms with Gasteiger partial charge < -0.3 is 10.5 Å². The monoisotopic (exact) mass is 297 g/mol. The number of hydrogen-bond acceptors (Lipinski definition) is 3. The molecule has 3 nitrogen and oxygen atoms in total. The summed E-state index contributed by atoms with van der Waals surface area (Å²) in [5.74, 6) is 0.575. The Balaban J connectivity index is 2.25. The van der Waals surface area contributed by atoms with Crippen LogP contribution < -0.4 is 10.5 Å². The van der Waals surface area contributed by atoms with E-state index in [4.69, 9.17) is 10.5 Å². The maximum absolute atomic E-state index is 12.7. The SMILES string of the molecule is CCCC(Oc1ccccc1N)C(=O)c1ccc(C)c(C)c1. The summed E-state index contributed by atoms with van der Waals surface area (Å²) in [6.45, 7) is 6.09. The molecule has 2 aromatic rings. The number of Topliss-reactive ketones (excluding diaryl/α,β-unsaturated/α-hetero) is 1. The van der Waals surface area contributed by atoms with Crippen LogP contribution in [-0.2, 0) is 0 Å². The number of rotatable bonds is 6. The van der Waals surface area contributed by atoms with Crippen LogP contribution in [0.25, 0.3) is 0 Å². The topological polar surface area (TPSA) is 52.3 Å². The number of nitrogens with two attached hydrogens (primary N) is 1. The van der Waals surface area contributed by atoms with Gasteiger partial charge in [-0.05, 0) is 49.6 Å². The molecule has 2 rings (SSSR count). The van der Waals surface area contributed by atoms with Gasteiger partial charge in [-0.2, -0.15) is 0 Å². The molecule has 0 bridgehead atoms. The van der Waals surface area contributed by atoms with Crippen LogP contribution in [0.1, 0.15) is 41.3 Å². The maximum atomic E-state index is 12.7. The number of carbonyl (C=O) groups excluding carboxylic acids is 1. The molecule has 0 radical (unpaired) electrons. The second kappa shape index (κ2) is 7.12. The minimum absolute atomic E-state index is 0.00760. The van der Waals surface area contributed by atoms with Crippen LogP contribution in [0, 0.1) is 13.8 Å². The van der Waals surface area contributed by atoms with Gasteiger partial charge in [0.05, 0.1) is 5.69 Å². The van der Waals surface area contributed by atoms with Crippen molar-refractivity contribution in [1.29, 1.82) is 0 Å². The van der Waals surface area contributed by atoms with Crippen LogP contribution in [-0.4, -0.2) is 11.9 Å². The Kier molecular flexibility index (Phi) is 5.21. The van der Waals surface area contributed by atoms with Gasteiger partial charge in [-0.15, -0.1) is 0 Å². The number of para-hydroxylation sites is 2. The van der Waals surface area contributed by atoms with Crippen molar-refractivity contribution in [3.8, 4) is 5.75 Å². The first kappa shape index (κ1) is 16.1. The van der Waals surface area contributed by atoms with E-state index >= 15 is 0 Å². The molecule has 0 fully saturated rings. The van der Waals surface area contributed by atoms with Crippen molar-refractivity contribution < 1.29 is 9.53 Å². The average Bonchev–Trinajstić information content (AvgIpc) is 2.51. The van der Waals surface area contributed by atoms with E-state index in [1.165, 1.54) is 5.56 Å².